The van der Waals surface area contributed by atoms with Crippen LogP contribution in [0.3, 0.4) is 0 Å². The summed E-state index contributed by atoms with van der Waals surface area (Å²) in [5.41, 5.74) is 9.58. The molecule has 0 bridgehead atoms. The molecule has 1 atom stereocenters. The first-order valence-corrected chi connectivity index (χ1v) is 53.1. The van der Waals surface area contributed by atoms with Crippen LogP contribution in [0.4, 0.5) is 0 Å². The Labute approximate surface area is 837 Å². The number of unbranched alkanes of at least 4 members (excludes halogenated alkanes) is 1. The van der Waals surface area contributed by atoms with Crippen molar-refractivity contribution in [1.29, 1.82) is 0 Å². The van der Waals surface area contributed by atoms with Gasteiger partial charge in [-0.05, 0) is 166 Å². The molecule has 17 heteroatoms. The van der Waals surface area contributed by atoms with E-state index in [-0.39, 0.29) is 5.97 Å². The van der Waals surface area contributed by atoms with Crippen LogP contribution in [0.5, 0.6) is 0 Å². The minimum atomic E-state index is -0.290. The van der Waals surface area contributed by atoms with E-state index in [2.05, 4.69) is 350 Å². The van der Waals surface area contributed by atoms with Gasteiger partial charge < -0.3 is 73.8 Å². The maximum absolute atomic E-state index is 10.9. The molecule has 772 valence electrons. The predicted octanol–water partition coefficient (Wildman–Crippen LogP) is 23.3. The summed E-state index contributed by atoms with van der Waals surface area (Å²) < 4.78 is 54.1. The SMILES string of the molecule is C=C(C)C(=O)OCCC[N+](C)(C)C.CCCC[N+](CC)(CCC)CCOCc1ccccc1.CCC[N+](CC)(CCC)CCOCCc1ccccc1.CCC[N+](CC)(CCC)CCOCc1ccccc1.CC[N+](CC)(CC)CCOCCc1ccccc1.CC[N+](CC)(CC)CCOCc1ccccc1.C[N+](C)(C)CCOCCc1ccccc1.C[N+](C)(C)CCOCc1ccccc1. The van der Waals surface area contributed by atoms with Gasteiger partial charge in [-0.2, -0.15) is 0 Å². The molecule has 136 heavy (non-hydrogen) atoms. The number of carbonyl (C=O) groups excluding carboxylic acids is 1. The number of carbonyl (C=O) groups is 1. The Hall–Kier alpha value is -6.85. The van der Waals surface area contributed by atoms with Crippen molar-refractivity contribution >= 4 is 5.97 Å². The Morgan fingerprint density at radius 3 is 0.640 bits per heavy atom. The van der Waals surface area contributed by atoms with Crippen molar-refractivity contribution in [3.8, 4) is 0 Å². The van der Waals surface area contributed by atoms with Gasteiger partial charge >= 0.3 is 5.97 Å². The summed E-state index contributed by atoms with van der Waals surface area (Å²) in [5, 5.41) is 0. The van der Waals surface area contributed by atoms with Crippen molar-refractivity contribution in [2.45, 2.75) is 208 Å². The topological polar surface area (TPSA) is 90.9 Å². The van der Waals surface area contributed by atoms with E-state index < -0.39 is 0 Å². The highest BCUT2D eigenvalue weighted by Crippen LogP contribution is 2.17. The molecule has 0 radical (unpaired) electrons. The number of benzene rings is 7. The number of ether oxygens (including phenoxy) is 8. The van der Waals surface area contributed by atoms with Gasteiger partial charge in [-0.25, -0.2) is 4.79 Å². The first-order valence-electron chi connectivity index (χ1n) is 53.1. The quantitative estimate of drug-likeness (QED) is 0.0160. The van der Waals surface area contributed by atoms with Gasteiger partial charge in [0.1, 0.15) is 45.8 Å². The van der Waals surface area contributed by atoms with E-state index in [1.54, 1.807) is 6.92 Å². The Morgan fingerprint density at radius 1 is 0.221 bits per heavy atom. The molecule has 0 aliphatic carbocycles. The second kappa shape index (κ2) is 80.8. The van der Waals surface area contributed by atoms with Crippen LogP contribution in [-0.2, 0) is 88.4 Å². The van der Waals surface area contributed by atoms with Gasteiger partial charge in [0.2, 0.25) is 0 Å². The largest absolute Gasteiger partial charge is 0.462 e. The van der Waals surface area contributed by atoms with Crippen LogP contribution >= 0.6 is 0 Å². The number of likely N-dealkylation sites (N-methyl/N-ethyl adjacent to an activating group) is 7. The fourth-order valence-electron chi connectivity index (χ4n) is 16.2. The average Bonchev–Trinajstić information content (AvgIpc) is 0.910. The van der Waals surface area contributed by atoms with E-state index >= 15 is 0 Å². The molecule has 0 saturated heterocycles. The van der Waals surface area contributed by atoms with Gasteiger partial charge in [-0.3, -0.25) is 0 Å². The third-order valence-electron chi connectivity index (χ3n) is 26.0. The molecule has 0 spiro atoms. The van der Waals surface area contributed by atoms with Crippen LogP contribution < -0.4 is 0 Å². The predicted molar refractivity (Wildman–Crippen MR) is 582 cm³/mol. The second-order valence-electron chi connectivity index (χ2n) is 39.9. The Balaban J connectivity index is 0.00000154. The third-order valence-corrected chi connectivity index (χ3v) is 26.0. The summed E-state index contributed by atoms with van der Waals surface area (Å²) in [6, 6.07) is 73.2. The van der Waals surface area contributed by atoms with E-state index in [9.17, 15) is 4.79 Å². The summed E-state index contributed by atoms with van der Waals surface area (Å²) >= 11 is 0. The molecule has 0 fully saturated rings. The van der Waals surface area contributed by atoms with Crippen molar-refractivity contribution in [3.63, 3.8) is 0 Å². The zero-order valence-electron chi connectivity index (χ0n) is 92.3. The van der Waals surface area contributed by atoms with Crippen molar-refractivity contribution in [1.82, 2.24) is 0 Å². The van der Waals surface area contributed by atoms with Gasteiger partial charge in [0.05, 0.1) is 267 Å². The van der Waals surface area contributed by atoms with Gasteiger partial charge in [0.25, 0.3) is 0 Å². The van der Waals surface area contributed by atoms with Crippen LogP contribution in [0, 0.1) is 0 Å². The van der Waals surface area contributed by atoms with E-state index in [1.807, 2.05) is 36.4 Å². The monoisotopic (exact) mass is 1900 g/mol. The lowest BCUT2D eigenvalue weighted by molar-refractivity contribution is -0.927. The molecular formula is C119H210N8O9+8. The molecule has 7 rings (SSSR count). The fraction of sp³-hybridized carbons (Fsp3) is 0.622. The lowest BCUT2D eigenvalue weighted by Crippen LogP contribution is -2.51. The summed E-state index contributed by atoms with van der Waals surface area (Å²) in [6.45, 7) is 78.8. The second-order valence-corrected chi connectivity index (χ2v) is 39.9. The molecule has 7 aromatic rings. The molecule has 0 saturated carbocycles. The molecule has 7 aromatic carbocycles. The smallest absolute Gasteiger partial charge is 0.333 e. The lowest BCUT2D eigenvalue weighted by Gasteiger charge is -2.37. The highest BCUT2D eigenvalue weighted by Gasteiger charge is 2.27. The Kier molecular flexibility index (Phi) is 76.7. The van der Waals surface area contributed by atoms with Crippen molar-refractivity contribution in [2.24, 2.45) is 0 Å². The van der Waals surface area contributed by atoms with E-state index in [0.717, 1.165) is 188 Å². The zero-order chi connectivity index (χ0) is 101. The lowest BCUT2D eigenvalue weighted by atomic mass is 10.2. The average molecular weight is 1900 g/mol. The minimum Gasteiger partial charge on any atom is -0.462 e. The number of rotatable bonds is 65. The molecule has 0 aliphatic rings. The number of hydrogen-bond acceptors (Lipinski definition) is 9. The molecule has 0 N–H and O–H groups in total. The first kappa shape index (κ1) is 129. The third kappa shape index (κ3) is 68.3. The first-order chi connectivity index (χ1) is 65.3. The molecule has 0 aromatic heterocycles. The normalized spacial score (nSPS) is 12.0. The molecule has 0 heterocycles. The number of esters is 1. The highest BCUT2D eigenvalue weighted by atomic mass is 16.5. The van der Waals surface area contributed by atoms with Crippen LogP contribution in [0.15, 0.2) is 224 Å². The molecule has 0 amide bonds. The summed E-state index contributed by atoms with van der Waals surface area (Å²) in [5.74, 6) is -0.290. The standard InChI is InChI=1S/2C18H32NO.C17H30NO.C16H28NO.C15H26NO.C13H22NO.C12H20NO.C10H20NO2/c1-4-13-19(6-3,14-5-2)15-17-20-16-12-18-10-8-7-9-11-18;1-4-7-14-19(6-3,13-5-2)15-16-20-17-18-11-9-8-10-12-18;1-4-12-18(6-3,13-5-2)14-15-19-16-17-10-8-7-9-11-17;1-4-17(5-2,6-3)13-15-18-14-12-16-10-8-7-9-11-16;1-4-16(5-2,6-3)12-13-17-14-15-10-8-7-9-11-15;1-14(2,3)10-12-15-11-9-13-7-5-4-6-8-13;1-13(2,3)9-10-14-11-12-7-5-4-6-8-12;1-9(2)10(12)13-8-6-7-11(3,4)5/h7-11H,4-6,12-17H2,1-3H3;8-12H,4-7,13-17H2,1-3H3;7-11H,4-6,12-16H2,1-3H3;7-11H,4-6,12-15H2,1-3H3;7-11H,4-6,12-14H2,1-3H3;4-8H,9-12H2,1-3H3;4-8H,9-11H2,1-3H3;1,6-8H2,2-5H3/q8*+1. The van der Waals surface area contributed by atoms with E-state index in [4.69, 9.17) is 37.9 Å². The van der Waals surface area contributed by atoms with Crippen molar-refractivity contribution < 1.29 is 78.6 Å². The number of hydrogen-bond donors (Lipinski definition) is 0. The van der Waals surface area contributed by atoms with Crippen molar-refractivity contribution in [3.05, 3.63) is 263 Å². The number of nitrogens with zero attached hydrogens (tertiary/aromatic N) is 8. The van der Waals surface area contributed by atoms with Crippen molar-refractivity contribution in [2.75, 3.05) is 287 Å². The Morgan fingerprint density at radius 2 is 0.426 bits per heavy atom. The van der Waals surface area contributed by atoms with Crippen LogP contribution in [0.2, 0.25) is 0 Å². The van der Waals surface area contributed by atoms with Crippen LogP contribution in [0.1, 0.15) is 201 Å². The maximum atomic E-state index is 10.9. The van der Waals surface area contributed by atoms with E-state index in [0.29, 0.717) is 12.2 Å². The summed E-state index contributed by atoms with van der Waals surface area (Å²) in [6.07, 6.45) is 12.9. The fourth-order valence-corrected chi connectivity index (χ4v) is 16.2. The minimum absolute atomic E-state index is 0.290. The van der Waals surface area contributed by atoms with Gasteiger partial charge in [-0.1, -0.05) is 267 Å². The highest BCUT2D eigenvalue weighted by molar-refractivity contribution is 5.86. The van der Waals surface area contributed by atoms with Gasteiger partial charge in [-0.15, -0.1) is 0 Å². The molecular weight excluding hydrogens is 1690 g/mol. The van der Waals surface area contributed by atoms with Crippen LogP contribution in [-0.4, -0.2) is 328 Å². The summed E-state index contributed by atoms with van der Waals surface area (Å²) in [7, 11) is 19.4. The molecule has 17 nitrogen and oxygen atoms in total. The molecule has 1 unspecified atom stereocenters. The van der Waals surface area contributed by atoms with Gasteiger partial charge in [0.15, 0.2) is 0 Å². The molecule has 0 aliphatic heterocycles. The maximum Gasteiger partial charge on any atom is 0.333 e. The van der Waals surface area contributed by atoms with Crippen LogP contribution in [0.25, 0.3) is 0 Å². The summed E-state index contributed by atoms with van der Waals surface area (Å²) in [4.78, 5) is 10.9. The van der Waals surface area contributed by atoms with E-state index in [1.165, 1.54) is 200 Å². The Bertz CT molecular complexity index is 3760. The van der Waals surface area contributed by atoms with Gasteiger partial charge in [0, 0.05) is 12.0 Å². The zero-order valence-corrected chi connectivity index (χ0v) is 92.3. The number of quaternary nitrogens is 8.